The van der Waals surface area contributed by atoms with E-state index in [0.29, 0.717) is 11.3 Å². The van der Waals surface area contributed by atoms with Gasteiger partial charge >= 0.3 is 12.1 Å². The lowest BCUT2D eigenvalue weighted by molar-refractivity contribution is -0.141. The maximum atomic E-state index is 12.8. The highest BCUT2D eigenvalue weighted by Crippen LogP contribution is 2.27. The van der Waals surface area contributed by atoms with E-state index in [1.54, 1.807) is 6.92 Å². The minimum Gasteiger partial charge on any atom is -0.465 e. The Hall–Kier alpha value is -3.43. The third-order valence-electron chi connectivity index (χ3n) is 3.45. The molecular formula is C17H15F3N4O3. The second kappa shape index (κ2) is 7.85. The standard InChI is InChI=1S/C17H15F3N4O3/c1-9(16(26)27-3)13(7-11-8-21-24-10(11)2)23-15(25)12-5-4-6-14(22-12)17(18,19)20/h4-8H,1H2,2-3H3,(H,21,24)(H,23,25)/b13-7+. The SMILES string of the molecule is C=C(C(=O)OC)/C(=C\c1cn[nH]c1C)NC(=O)c1cccc(C(F)(F)F)n1. The normalized spacial score (nSPS) is 11.8. The van der Waals surface area contributed by atoms with Crippen LogP contribution in [0.5, 0.6) is 0 Å². The molecule has 0 aliphatic heterocycles. The smallest absolute Gasteiger partial charge is 0.433 e. The molecule has 0 aliphatic rings. The average Bonchev–Trinajstić information content (AvgIpc) is 3.03. The number of hydrogen-bond donors (Lipinski definition) is 2. The fourth-order valence-electron chi connectivity index (χ4n) is 2.00. The molecule has 142 valence electrons. The molecule has 0 unspecified atom stereocenters. The number of pyridine rings is 1. The van der Waals surface area contributed by atoms with Crippen molar-refractivity contribution in [2.24, 2.45) is 0 Å². The molecule has 2 aromatic heterocycles. The molecular weight excluding hydrogens is 365 g/mol. The third-order valence-corrected chi connectivity index (χ3v) is 3.45. The summed E-state index contributed by atoms with van der Waals surface area (Å²) in [5, 5.41) is 8.83. The Morgan fingerprint density at radius 1 is 1.33 bits per heavy atom. The van der Waals surface area contributed by atoms with Crippen molar-refractivity contribution in [3.05, 3.63) is 64.9 Å². The molecule has 27 heavy (non-hydrogen) atoms. The lowest BCUT2D eigenvalue weighted by atomic mass is 10.1. The van der Waals surface area contributed by atoms with E-state index in [1.165, 1.54) is 12.3 Å². The second-order valence-corrected chi connectivity index (χ2v) is 5.34. The number of halogens is 3. The molecule has 0 bridgehead atoms. The van der Waals surface area contributed by atoms with Crippen LogP contribution in [0.15, 0.2) is 42.2 Å². The van der Waals surface area contributed by atoms with Crippen LogP contribution in [0.4, 0.5) is 13.2 Å². The molecule has 7 nitrogen and oxygen atoms in total. The Kier molecular flexibility index (Phi) is 5.78. The van der Waals surface area contributed by atoms with E-state index >= 15 is 0 Å². The predicted octanol–water partition coefficient (Wildman–Crippen LogP) is 2.63. The van der Waals surface area contributed by atoms with Crippen molar-refractivity contribution in [2.75, 3.05) is 7.11 Å². The van der Waals surface area contributed by atoms with Crippen LogP contribution in [0.1, 0.15) is 27.4 Å². The fourth-order valence-corrected chi connectivity index (χ4v) is 2.00. The highest BCUT2D eigenvalue weighted by atomic mass is 19.4. The molecule has 1 amide bonds. The van der Waals surface area contributed by atoms with Gasteiger partial charge in [0.1, 0.15) is 11.4 Å². The number of methoxy groups -OCH3 is 1. The van der Waals surface area contributed by atoms with Crippen LogP contribution in [0, 0.1) is 6.92 Å². The summed E-state index contributed by atoms with van der Waals surface area (Å²) in [5.74, 6) is -1.77. The summed E-state index contributed by atoms with van der Waals surface area (Å²) in [5.41, 5.74) is -0.770. The Morgan fingerprint density at radius 2 is 2.04 bits per heavy atom. The summed E-state index contributed by atoms with van der Waals surface area (Å²) in [4.78, 5) is 27.4. The Morgan fingerprint density at radius 3 is 2.59 bits per heavy atom. The molecule has 2 heterocycles. The monoisotopic (exact) mass is 380 g/mol. The number of carbonyl (C=O) groups excluding carboxylic acids is 2. The average molecular weight is 380 g/mol. The van der Waals surface area contributed by atoms with E-state index in [4.69, 9.17) is 0 Å². The first kappa shape index (κ1) is 19.9. The van der Waals surface area contributed by atoms with Gasteiger partial charge in [-0.1, -0.05) is 12.6 Å². The van der Waals surface area contributed by atoms with E-state index in [1.807, 2.05) is 0 Å². The summed E-state index contributed by atoms with van der Waals surface area (Å²) >= 11 is 0. The predicted molar refractivity (Wildman–Crippen MR) is 89.2 cm³/mol. The van der Waals surface area contributed by atoms with E-state index in [-0.39, 0.29) is 11.3 Å². The number of rotatable bonds is 5. The van der Waals surface area contributed by atoms with E-state index in [0.717, 1.165) is 25.3 Å². The zero-order valence-corrected chi connectivity index (χ0v) is 14.3. The summed E-state index contributed by atoms with van der Waals surface area (Å²) in [6.07, 6.45) is -1.86. The molecule has 2 N–H and O–H groups in total. The first-order valence-corrected chi connectivity index (χ1v) is 7.48. The number of aromatic nitrogens is 3. The van der Waals surface area contributed by atoms with E-state index < -0.39 is 29.4 Å². The van der Waals surface area contributed by atoms with Crippen LogP contribution in [0.2, 0.25) is 0 Å². The number of esters is 1. The number of amides is 1. The molecule has 0 spiro atoms. The van der Waals surface area contributed by atoms with Crippen molar-refractivity contribution in [3.63, 3.8) is 0 Å². The van der Waals surface area contributed by atoms with Crippen LogP contribution in [0.25, 0.3) is 6.08 Å². The molecule has 0 atom stereocenters. The van der Waals surface area contributed by atoms with Crippen molar-refractivity contribution in [3.8, 4) is 0 Å². The van der Waals surface area contributed by atoms with Crippen LogP contribution < -0.4 is 5.32 Å². The molecule has 0 radical (unpaired) electrons. The van der Waals surface area contributed by atoms with Gasteiger partial charge in [-0.2, -0.15) is 18.3 Å². The first-order valence-electron chi connectivity index (χ1n) is 7.48. The third kappa shape index (κ3) is 4.81. The second-order valence-electron chi connectivity index (χ2n) is 5.34. The number of nitrogens with zero attached hydrogens (tertiary/aromatic N) is 2. The van der Waals surface area contributed by atoms with Crippen molar-refractivity contribution in [1.82, 2.24) is 20.5 Å². The largest absolute Gasteiger partial charge is 0.465 e. The van der Waals surface area contributed by atoms with Gasteiger partial charge in [0.15, 0.2) is 0 Å². The molecule has 0 saturated heterocycles. The first-order chi connectivity index (χ1) is 12.6. The maximum Gasteiger partial charge on any atom is 0.433 e. The van der Waals surface area contributed by atoms with Gasteiger partial charge in [0.05, 0.1) is 24.6 Å². The van der Waals surface area contributed by atoms with Gasteiger partial charge in [0, 0.05) is 11.3 Å². The quantitative estimate of drug-likeness (QED) is 0.472. The molecule has 0 fully saturated rings. The van der Waals surface area contributed by atoms with Crippen LogP contribution in [-0.2, 0) is 15.7 Å². The maximum absolute atomic E-state index is 12.8. The minimum atomic E-state index is -4.70. The van der Waals surface area contributed by atoms with Crippen molar-refractivity contribution in [1.29, 1.82) is 0 Å². The van der Waals surface area contributed by atoms with Gasteiger partial charge in [-0.05, 0) is 25.1 Å². The summed E-state index contributed by atoms with van der Waals surface area (Å²) in [6.45, 7) is 5.25. The molecule has 10 heteroatoms. The van der Waals surface area contributed by atoms with Crippen molar-refractivity contribution in [2.45, 2.75) is 13.1 Å². The summed E-state index contributed by atoms with van der Waals surface area (Å²) < 4.78 is 42.9. The van der Waals surface area contributed by atoms with Crippen molar-refractivity contribution < 1.29 is 27.5 Å². The molecule has 0 aromatic carbocycles. The van der Waals surface area contributed by atoms with Crippen LogP contribution in [-0.4, -0.2) is 34.2 Å². The number of aryl methyl sites for hydroxylation is 1. The van der Waals surface area contributed by atoms with E-state index in [2.05, 4.69) is 31.8 Å². The molecule has 0 aliphatic carbocycles. The van der Waals surface area contributed by atoms with Gasteiger partial charge in [-0.3, -0.25) is 9.89 Å². The highest BCUT2D eigenvalue weighted by molar-refractivity contribution is 6.00. The topological polar surface area (TPSA) is 97.0 Å². The number of carbonyl (C=O) groups is 2. The fraction of sp³-hybridized carbons (Fsp3) is 0.176. The summed E-state index contributed by atoms with van der Waals surface area (Å²) in [7, 11) is 1.13. The number of ether oxygens (including phenoxy) is 1. The Bertz CT molecular complexity index is 916. The minimum absolute atomic E-state index is 0.0597. The highest BCUT2D eigenvalue weighted by Gasteiger charge is 2.33. The molecule has 2 aromatic rings. The van der Waals surface area contributed by atoms with Gasteiger partial charge in [0.25, 0.3) is 5.91 Å². The lowest BCUT2D eigenvalue weighted by Gasteiger charge is -2.12. The lowest BCUT2D eigenvalue weighted by Crippen LogP contribution is -2.27. The van der Waals surface area contributed by atoms with Gasteiger partial charge in [-0.15, -0.1) is 0 Å². The number of H-pyrrole nitrogens is 1. The van der Waals surface area contributed by atoms with Crippen molar-refractivity contribution >= 4 is 18.0 Å². The number of aromatic amines is 1. The van der Waals surface area contributed by atoms with Gasteiger partial charge in [-0.25, -0.2) is 9.78 Å². The van der Waals surface area contributed by atoms with E-state index in [9.17, 15) is 22.8 Å². The zero-order chi connectivity index (χ0) is 20.2. The van der Waals surface area contributed by atoms with Crippen LogP contribution >= 0.6 is 0 Å². The van der Waals surface area contributed by atoms with Gasteiger partial charge in [0.2, 0.25) is 0 Å². The number of alkyl halides is 3. The number of nitrogens with one attached hydrogen (secondary N) is 2. The summed E-state index contributed by atoms with van der Waals surface area (Å²) in [6, 6.07) is 2.92. The Balaban J connectivity index is 2.37. The van der Waals surface area contributed by atoms with Gasteiger partial charge < -0.3 is 10.1 Å². The Labute approximate surface area is 151 Å². The van der Waals surface area contributed by atoms with Crippen LogP contribution in [0.3, 0.4) is 0 Å². The zero-order valence-electron chi connectivity index (χ0n) is 14.3. The molecule has 2 rings (SSSR count). The number of hydrogen-bond acceptors (Lipinski definition) is 5. The molecule has 0 saturated carbocycles.